The highest BCUT2D eigenvalue weighted by Crippen LogP contribution is 2.25. The van der Waals surface area contributed by atoms with Crippen molar-refractivity contribution in [2.45, 2.75) is 12.4 Å². The van der Waals surface area contributed by atoms with Crippen molar-refractivity contribution >= 4 is 6.21 Å². The molecule has 0 radical (unpaired) electrons. The molecular weight excluding hydrogens is 252 g/mol. The van der Waals surface area contributed by atoms with Gasteiger partial charge in [0.1, 0.15) is 6.54 Å². The van der Waals surface area contributed by atoms with Crippen molar-refractivity contribution < 1.29 is 26.3 Å². The van der Waals surface area contributed by atoms with Crippen LogP contribution in [0.3, 0.4) is 0 Å². The summed E-state index contributed by atoms with van der Waals surface area (Å²) in [5, 5.41) is 0. The highest BCUT2D eigenvalue weighted by atomic mass is 19.4. The summed E-state index contributed by atoms with van der Waals surface area (Å²) in [4.78, 5) is 8.91. The van der Waals surface area contributed by atoms with E-state index >= 15 is 0 Å². The van der Waals surface area contributed by atoms with Crippen molar-refractivity contribution in [1.82, 2.24) is 9.97 Å². The molecule has 0 spiro atoms. The van der Waals surface area contributed by atoms with Crippen molar-refractivity contribution in [3.05, 3.63) is 23.8 Å². The second kappa shape index (κ2) is 4.68. The molecule has 0 aliphatic rings. The Morgan fingerprint density at radius 3 is 2.00 bits per heavy atom. The average Bonchev–Trinajstić information content (AvgIpc) is 2.15. The lowest BCUT2D eigenvalue weighted by Crippen LogP contribution is -2.12. The van der Waals surface area contributed by atoms with Gasteiger partial charge in [0.15, 0.2) is 0 Å². The Morgan fingerprint density at radius 1 is 1.06 bits per heavy atom. The Labute approximate surface area is 91.2 Å². The van der Waals surface area contributed by atoms with Crippen molar-refractivity contribution in [3.8, 4) is 0 Å². The Morgan fingerprint density at radius 2 is 1.59 bits per heavy atom. The summed E-state index contributed by atoms with van der Waals surface area (Å²) in [6, 6.07) is 0. The second-order valence-corrected chi connectivity index (χ2v) is 2.92. The minimum Gasteiger partial charge on any atom is -0.283 e. The van der Waals surface area contributed by atoms with Gasteiger partial charge >= 0.3 is 12.4 Å². The van der Waals surface area contributed by atoms with Crippen molar-refractivity contribution in [2.75, 3.05) is 6.54 Å². The molecule has 0 saturated heterocycles. The van der Waals surface area contributed by atoms with E-state index in [0.717, 1.165) is 18.6 Å². The quantitative estimate of drug-likeness (QED) is 0.603. The van der Waals surface area contributed by atoms with Gasteiger partial charge in [-0.2, -0.15) is 26.3 Å². The number of rotatable bonds is 2. The first-order chi connectivity index (χ1) is 7.68. The topological polar surface area (TPSA) is 38.1 Å². The van der Waals surface area contributed by atoms with Gasteiger partial charge in [-0.15, -0.1) is 0 Å². The molecule has 0 bridgehead atoms. The van der Waals surface area contributed by atoms with Gasteiger partial charge in [0, 0.05) is 24.2 Å². The first-order valence-corrected chi connectivity index (χ1v) is 4.14. The molecule has 1 rings (SSSR count). The van der Waals surface area contributed by atoms with Crippen LogP contribution < -0.4 is 0 Å². The molecule has 0 atom stereocenters. The van der Waals surface area contributed by atoms with Crippen LogP contribution in [0.15, 0.2) is 17.4 Å². The SMILES string of the molecule is FC(F)(F)CN=Cc1cnc(C(F)(F)F)nc1. The van der Waals surface area contributed by atoms with Gasteiger partial charge in [-0.05, 0) is 0 Å². The summed E-state index contributed by atoms with van der Waals surface area (Å²) in [5.41, 5.74) is -0.0396. The zero-order valence-corrected chi connectivity index (χ0v) is 8.05. The highest BCUT2D eigenvalue weighted by molar-refractivity contribution is 5.78. The molecule has 0 aliphatic heterocycles. The van der Waals surface area contributed by atoms with E-state index in [4.69, 9.17) is 0 Å². The Balaban J connectivity index is 2.69. The molecule has 3 nitrogen and oxygen atoms in total. The number of halogens is 6. The summed E-state index contributed by atoms with van der Waals surface area (Å²) < 4.78 is 71.1. The predicted octanol–water partition coefficient (Wildman–Crippen LogP) is 2.48. The van der Waals surface area contributed by atoms with E-state index in [-0.39, 0.29) is 5.56 Å². The van der Waals surface area contributed by atoms with E-state index in [0.29, 0.717) is 0 Å². The van der Waals surface area contributed by atoms with E-state index in [2.05, 4.69) is 15.0 Å². The lowest BCUT2D eigenvalue weighted by molar-refractivity contribution is -0.145. The van der Waals surface area contributed by atoms with Crippen LogP contribution in [-0.2, 0) is 6.18 Å². The molecular formula is C8H5F6N3. The highest BCUT2D eigenvalue weighted by Gasteiger charge is 2.34. The lowest BCUT2D eigenvalue weighted by atomic mass is 10.3. The number of aromatic nitrogens is 2. The van der Waals surface area contributed by atoms with Crippen LogP contribution in [0.4, 0.5) is 26.3 Å². The fraction of sp³-hybridized carbons (Fsp3) is 0.375. The number of aliphatic imine (C=N–C) groups is 1. The summed E-state index contributed by atoms with van der Waals surface area (Å²) in [6.45, 7) is -1.41. The number of alkyl halides is 6. The minimum absolute atomic E-state index is 0.0396. The number of hydrogen-bond acceptors (Lipinski definition) is 3. The number of hydrogen-bond donors (Lipinski definition) is 0. The first-order valence-electron chi connectivity index (χ1n) is 4.14. The fourth-order valence-electron chi connectivity index (χ4n) is 0.806. The van der Waals surface area contributed by atoms with Crippen LogP contribution >= 0.6 is 0 Å². The van der Waals surface area contributed by atoms with E-state index in [9.17, 15) is 26.3 Å². The molecule has 1 aromatic rings. The summed E-state index contributed by atoms with van der Waals surface area (Å²) in [7, 11) is 0. The molecule has 1 heterocycles. The summed E-state index contributed by atoms with van der Waals surface area (Å²) in [5.74, 6) is -1.36. The van der Waals surface area contributed by atoms with E-state index < -0.39 is 24.7 Å². The Bertz CT molecular complexity index is 391. The molecule has 9 heteroatoms. The molecule has 0 N–H and O–H groups in total. The van der Waals surface area contributed by atoms with Crippen molar-refractivity contribution in [2.24, 2.45) is 4.99 Å². The maximum absolute atomic E-state index is 12.0. The van der Waals surface area contributed by atoms with E-state index in [1.165, 1.54) is 0 Å². The molecule has 0 aromatic carbocycles. The first kappa shape index (κ1) is 13.4. The van der Waals surface area contributed by atoms with Gasteiger partial charge < -0.3 is 0 Å². The van der Waals surface area contributed by atoms with Gasteiger partial charge in [-0.25, -0.2) is 9.97 Å². The molecule has 0 fully saturated rings. The van der Waals surface area contributed by atoms with Gasteiger partial charge in [0.25, 0.3) is 0 Å². The van der Waals surface area contributed by atoms with Gasteiger partial charge in [-0.3, -0.25) is 4.99 Å². The smallest absolute Gasteiger partial charge is 0.283 e. The lowest BCUT2D eigenvalue weighted by Gasteiger charge is -2.03. The molecule has 0 amide bonds. The largest absolute Gasteiger partial charge is 0.451 e. The Kier molecular flexibility index (Phi) is 3.69. The minimum atomic E-state index is -4.68. The standard InChI is InChI=1S/C8H5F6N3/c9-7(10,11)4-15-1-5-2-16-6(17-3-5)8(12,13)14/h1-3H,4H2. The van der Waals surface area contributed by atoms with Gasteiger partial charge in [0.2, 0.25) is 5.82 Å². The predicted molar refractivity (Wildman–Crippen MR) is 45.6 cm³/mol. The molecule has 0 unspecified atom stereocenters. The van der Waals surface area contributed by atoms with Crippen LogP contribution in [0.25, 0.3) is 0 Å². The zero-order chi connectivity index (χ0) is 13.1. The normalized spacial score (nSPS) is 13.3. The fourth-order valence-corrected chi connectivity index (χ4v) is 0.806. The molecule has 0 aliphatic carbocycles. The van der Waals surface area contributed by atoms with E-state index in [1.54, 1.807) is 0 Å². The van der Waals surface area contributed by atoms with Crippen molar-refractivity contribution in [3.63, 3.8) is 0 Å². The van der Waals surface area contributed by atoms with Crippen LogP contribution in [0.1, 0.15) is 11.4 Å². The summed E-state index contributed by atoms with van der Waals surface area (Å²) in [6.07, 6.45) is -6.88. The third kappa shape index (κ3) is 4.79. The van der Waals surface area contributed by atoms with Crippen LogP contribution in [-0.4, -0.2) is 28.9 Å². The van der Waals surface area contributed by atoms with Gasteiger partial charge in [0.05, 0.1) is 0 Å². The zero-order valence-electron chi connectivity index (χ0n) is 8.05. The third-order valence-electron chi connectivity index (χ3n) is 1.44. The maximum atomic E-state index is 12.0. The molecule has 1 aromatic heterocycles. The number of nitrogens with zero attached hydrogens (tertiary/aromatic N) is 3. The monoisotopic (exact) mass is 257 g/mol. The van der Waals surface area contributed by atoms with Crippen LogP contribution in [0.5, 0.6) is 0 Å². The van der Waals surface area contributed by atoms with Crippen LogP contribution in [0, 0.1) is 0 Å². The maximum Gasteiger partial charge on any atom is 0.451 e. The average molecular weight is 257 g/mol. The van der Waals surface area contributed by atoms with Crippen LogP contribution in [0.2, 0.25) is 0 Å². The Hall–Kier alpha value is -1.67. The summed E-state index contributed by atoms with van der Waals surface area (Å²) >= 11 is 0. The second-order valence-electron chi connectivity index (χ2n) is 2.92. The van der Waals surface area contributed by atoms with E-state index in [1.807, 2.05) is 0 Å². The molecule has 0 saturated carbocycles. The third-order valence-corrected chi connectivity index (χ3v) is 1.44. The molecule has 94 valence electrons. The molecule has 17 heavy (non-hydrogen) atoms. The van der Waals surface area contributed by atoms with Crippen molar-refractivity contribution in [1.29, 1.82) is 0 Å². The van der Waals surface area contributed by atoms with Gasteiger partial charge in [-0.1, -0.05) is 0 Å².